The number of aromatic nitrogens is 1. The average molecular weight is 297 g/mol. The van der Waals surface area contributed by atoms with E-state index in [4.69, 9.17) is 0 Å². The van der Waals surface area contributed by atoms with Gasteiger partial charge in [-0.2, -0.15) is 0 Å². The van der Waals surface area contributed by atoms with Gasteiger partial charge in [0.2, 0.25) is 0 Å². The number of pyridine rings is 1. The molecule has 0 aromatic carbocycles. The van der Waals surface area contributed by atoms with E-state index in [0.29, 0.717) is 0 Å². The van der Waals surface area contributed by atoms with Crippen molar-refractivity contribution in [2.45, 2.75) is 45.4 Å². The summed E-state index contributed by atoms with van der Waals surface area (Å²) in [5, 5.41) is 3.42. The van der Waals surface area contributed by atoms with Crippen LogP contribution in [0.25, 0.3) is 0 Å². The van der Waals surface area contributed by atoms with Crippen LogP contribution >= 0.6 is 15.9 Å². The van der Waals surface area contributed by atoms with Gasteiger partial charge in [0.25, 0.3) is 0 Å². The van der Waals surface area contributed by atoms with Gasteiger partial charge in [0, 0.05) is 12.7 Å². The van der Waals surface area contributed by atoms with Crippen molar-refractivity contribution >= 4 is 21.7 Å². The van der Waals surface area contributed by atoms with E-state index in [1.165, 1.54) is 44.1 Å². The lowest BCUT2D eigenvalue weighted by Gasteiger charge is -2.11. The van der Waals surface area contributed by atoms with Crippen LogP contribution in [0.2, 0.25) is 0 Å². The van der Waals surface area contributed by atoms with Gasteiger partial charge in [-0.05, 0) is 53.2 Å². The topological polar surface area (TPSA) is 24.9 Å². The molecule has 3 heteroatoms. The van der Waals surface area contributed by atoms with Crippen molar-refractivity contribution in [2.75, 3.05) is 11.9 Å². The summed E-state index contributed by atoms with van der Waals surface area (Å²) in [7, 11) is 0. The van der Waals surface area contributed by atoms with Gasteiger partial charge < -0.3 is 5.32 Å². The van der Waals surface area contributed by atoms with Gasteiger partial charge in [-0.25, -0.2) is 4.98 Å². The number of hydrogen-bond acceptors (Lipinski definition) is 2. The second kappa shape index (κ2) is 6.39. The highest BCUT2D eigenvalue weighted by Gasteiger charge is 2.14. The molecule has 0 amide bonds. The molecule has 0 spiro atoms. The summed E-state index contributed by atoms with van der Waals surface area (Å²) in [6.45, 7) is 3.13. The number of rotatable bonds is 5. The highest BCUT2D eigenvalue weighted by Crippen LogP contribution is 2.28. The Morgan fingerprint density at radius 1 is 1.41 bits per heavy atom. The first kappa shape index (κ1) is 12.9. The highest BCUT2D eigenvalue weighted by molar-refractivity contribution is 9.10. The fraction of sp³-hybridized carbons (Fsp3) is 0.643. The molecule has 0 atom stereocenters. The Morgan fingerprint density at radius 2 is 2.18 bits per heavy atom. The van der Waals surface area contributed by atoms with Crippen LogP contribution in [0.4, 0.5) is 5.82 Å². The number of anilines is 1. The maximum atomic E-state index is 4.35. The molecule has 1 saturated carbocycles. The van der Waals surface area contributed by atoms with Gasteiger partial charge in [-0.1, -0.05) is 25.7 Å². The molecule has 1 aliphatic carbocycles. The molecule has 1 aliphatic rings. The first-order valence-corrected chi connectivity index (χ1v) is 7.41. The number of nitrogens with one attached hydrogen (secondary N) is 1. The first-order chi connectivity index (χ1) is 8.27. The van der Waals surface area contributed by atoms with E-state index in [9.17, 15) is 0 Å². The first-order valence-electron chi connectivity index (χ1n) is 6.62. The van der Waals surface area contributed by atoms with Gasteiger partial charge in [-0.3, -0.25) is 0 Å². The van der Waals surface area contributed by atoms with Crippen LogP contribution in [0, 0.1) is 12.8 Å². The maximum Gasteiger partial charge on any atom is 0.140 e. The zero-order chi connectivity index (χ0) is 12.1. The fourth-order valence-corrected chi connectivity index (χ4v) is 2.93. The molecule has 1 N–H and O–H groups in total. The zero-order valence-corrected chi connectivity index (χ0v) is 12.1. The van der Waals surface area contributed by atoms with Crippen LogP contribution in [0.1, 0.15) is 44.1 Å². The van der Waals surface area contributed by atoms with Crippen molar-refractivity contribution in [1.29, 1.82) is 0 Å². The van der Waals surface area contributed by atoms with Crippen LogP contribution < -0.4 is 5.32 Å². The molecule has 1 aromatic rings. The second-order valence-corrected chi connectivity index (χ2v) is 5.80. The fourth-order valence-electron chi connectivity index (χ4n) is 2.56. The van der Waals surface area contributed by atoms with Gasteiger partial charge in [-0.15, -0.1) is 0 Å². The van der Waals surface area contributed by atoms with Gasteiger partial charge in [0.15, 0.2) is 0 Å². The standard InChI is InChI=1S/C14H21BrN2/c1-11-8-10-17-14(13(11)15)16-9-4-7-12-5-2-3-6-12/h8,10,12H,2-7,9H2,1H3,(H,16,17). The molecular formula is C14H21BrN2. The Morgan fingerprint density at radius 3 is 2.94 bits per heavy atom. The second-order valence-electron chi connectivity index (χ2n) is 5.01. The van der Waals surface area contributed by atoms with E-state index in [2.05, 4.69) is 33.2 Å². The van der Waals surface area contributed by atoms with Crippen molar-refractivity contribution in [2.24, 2.45) is 5.92 Å². The van der Waals surface area contributed by atoms with Crippen LogP contribution in [-0.4, -0.2) is 11.5 Å². The third-order valence-corrected chi connectivity index (χ3v) is 4.64. The number of halogens is 1. The predicted molar refractivity (Wildman–Crippen MR) is 76.4 cm³/mol. The molecule has 0 unspecified atom stereocenters. The van der Waals surface area contributed by atoms with Gasteiger partial charge >= 0.3 is 0 Å². The summed E-state index contributed by atoms with van der Waals surface area (Å²) < 4.78 is 1.10. The van der Waals surface area contributed by atoms with Crippen molar-refractivity contribution in [3.8, 4) is 0 Å². The molecule has 0 aliphatic heterocycles. The van der Waals surface area contributed by atoms with Crippen molar-refractivity contribution in [3.05, 3.63) is 22.3 Å². The Balaban J connectivity index is 1.72. The highest BCUT2D eigenvalue weighted by atomic mass is 79.9. The van der Waals surface area contributed by atoms with E-state index in [0.717, 1.165) is 22.8 Å². The number of aryl methyl sites for hydroxylation is 1. The number of hydrogen-bond donors (Lipinski definition) is 1. The summed E-state index contributed by atoms with van der Waals surface area (Å²) in [5.74, 6) is 1.97. The van der Waals surface area contributed by atoms with E-state index in [1.54, 1.807) is 0 Å². The molecular weight excluding hydrogens is 276 g/mol. The molecule has 2 nitrogen and oxygen atoms in total. The third kappa shape index (κ3) is 3.70. The van der Waals surface area contributed by atoms with Crippen LogP contribution in [0.15, 0.2) is 16.7 Å². The summed E-state index contributed by atoms with van der Waals surface area (Å²) in [6.07, 6.45) is 10.3. The largest absolute Gasteiger partial charge is 0.369 e. The van der Waals surface area contributed by atoms with E-state index in [1.807, 2.05) is 12.3 Å². The quantitative estimate of drug-likeness (QED) is 0.807. The Labute approximate surface area is 112 Å². The molecule has 0 saturated heterocycles. The Hall–Kier alpha value is -0.570. The summed E-state index contributed by atoms with van der Waals surface area (Å²) in [6, 6.07) is 2.02. The summed E-state index contributed by atoms with van der Waals surface area (Å²) in [4.78, 5) is 4.35. The minimum atomic E-state index is 0.983. The van der Waals surface area contributed by atoms with Crippen molar-refractivity contribution < 1.29 is 0 Å². The molecule has 94 valence electrons. The molecule has 17 heavy (non-hydrogen) atoms. The monoisotopic (exact) mass is 296 g/mol. The Kier molecular flexibility index (Phi) is 4.84. The molecule has 1 fully saturated rings. The zero-order valence-electron chi connectivity index (χ0n) is 10.5. The molecule has 0 bridgehead atoms. The third-order valence-electron chi connectivity index (χ3n) is 3.64. The summed E-state index contributed by atoms with van der Waals surface area (Å²) in [5.41, 5.74) is 1.23. The molecule has 0 radical (unpaired) electrons. The van der Waals surface area contributed by atoms with E-state index < -0.39 is 0 Å². The molecule has 2 rings (SSSR count). The maximum absolute atomic E-state index is 4.35. The lowest BCUT2D eigenvalue weighted by atomic mass is 10.0. The minimum Gasteiger partial charge on any atom is -0.369 e. The van der Waals surface area contributed by atoms with Crippen LogP contribution in [0.5, 0.6) is 0 Å². The van der Waals surface area contributed by atoms with E-state index >= 15 is 0 Å². The normalized spacial score (nSPS) is 16.4. The lowest BCUT2D eigenvalue weighted by molar-refractivity contribution is 0.491. The van der Waals surface area contributed by atoms with Crippen molar-refractivity contribution in [3.63, 3.8) is 0 Å². The number of nitrogens with zero attached hydrogens (tertiary/aromatic N) is 1. The SMILES string of the molecule is Cc1ccnc(NCCCC2CCCC2)c1Br. The lowest BCUT2D eigenvalue weighted by Crippen LogP contribution is -2.06. The van der Waals surface area contributed by atoms with Gasteiger partial charge in [0.1, 0.15) is 5.82 Å². The predicted octanol–water partition coefficient (Wildman–Crippen LogP) is 4.53. The summed E-state index contributed by atoms with van der Waals surface area (Å²) >= 11 is 3.57. The van der Waals surface area contributed by atoms with Crippen LogP contribution in [-0.2, 0) is 0 Å². The van der Waals surface area contributed by atoms with Gasteiger partial charge in [0.05, 0.1) is 4.47 Å². The Bertz CT molecular complexity index is 359. The minimum absolute atomic E-state index is 0.983. The molecule has 1 heterocycles. The van der Waals surface area contributed by atoms with Crippen molar-refractivity contribution in [1.82, 2.24) is 4.98 Å². The smallest absolute Gasteiger partial charge is 0.140 e. The molecule has 1 aromatic heterocycles. The van der Waals surface area contributed by atoms with E-state index in [-0.39, 0.29) is 0 Å². The van der Waals surface area contributed by atoms with Crippen LogP contribution in [0.3, 0.4) is 0 Å². The average Bonchev–Trinajstić information content (AvgIpc) is 2.83.